The molecule has 2 N–H and O–H groups in total. The number of fused-ring (bicyclic) bond motifs is 2. The van der Waals surface area contributed by atoms with Gasteiger partial charge < -0.3 is 9.88 Å². The number of rotatable bonds is 6. The fraction of sp³-hybridized carbons (Fsp3) is 0.182. The first-order valence-corrected chi connectivity index (χ1v) is 10.7. The van der Waals surface area contributed by atoms with E-state index in [1.807, 2.05) is 68.8 Å². The quantitative estimate of drug-likeness (QED) is 0.515. The van der Waals surface area contributed by atoms with Crippen LogP contribution in [-0.2, 0) is 16.4 Å². The average molecular weight is 394 g/mol. The first-order chi connectivity index (χ1) is 13.4. The lowest BCUT2D eigenvalue weighted by atomic mass is 10.1. The Morgan fingerprint density at radius 1 is 0.964 bits per heavy atom. The van der Waals surface area contributed by atoms with Gasteiger partial charge in [-0.15, -0.1) is 0 Å². The normalized spacial score (nSPS) is 12.1. The molecule has 4 aromatic rings. The standard InChI is InChI=1S/C22H23N3O2S/c1-25(2)13-12-18-15-23-20-8-5-9-21(22(18)20)24-28(26,27)19-11-10-16-6-3-4-7-17(16)14-19/h3-11,14-15,23-24H,12-13H2,1-2H3. The summed E-state index contributed by atoms with van der Waals surface area (Å²) in [6, 6.07) is 18.6. The van der Waals surface area contributed by atoms with Crippen LogP contribution in [0, 0.1) is 0 Å². The van der Waals surface area contributed by atoms with E-state index < -0.39 is 10.0 Å². The van der Waals surface area contributed by atoms with Crippen LogP contribution in [0.1, 0.15) is 5.56 Å². The van der Waals surface area contributed by atoms with Crippen molar-refractivity contribution in [2.45, 2.75) is 11.3 Å². The Morgan fingerprint density at radius 2 is 1.75 bits per heavy atom. The number of likely N-dealkylation sites (N-methyl/N-ethyl adjacent to an activating group) is 1. The van der Waals surface area contributed by atoms with Crippen molar-refractivity contribution in [3.8, 4) is 0 Å². The minimum atomic E-state index is -3.70. The summed E-state index contributed by atoms with van der Waals surface area (Å²) in [6.07, 6.45) is 2.80. The zero-order chi connectivity index (χ0) is 19.7. The second-order valence-electron chi connectivity index (χ2n) is 7.21. The van der Waals surface area contributed by atoms with Crippen LogP contribution in [0.5, 0.6) is 0 Å². The lowest BCUT2D eigenvalue weighted by Gasteiger charge is -2.12. The number of hydrogen-bond donors (Lipinski definition) is 2. The minimum absolute atomic E-state index is 0.258. The van der Waals surface area contributed by atoms with Gasteiger partial charge in [-0.1, -0.05) is 36.4 Å². The Bertz CT molecular complexity index is 1240. The highest BCUT2D eigenvalue weighted by Gasteiger charge is 2.18. The number of aromatic nitrogens is 1. The zero-order valence-electron chi connectivity index (χ0n) is 15.9. The van der Waals surface area contributed by atoms with Crippen LogP contribution >= 0.6 is 0 Å². The monoisotopic (exact) mass is 393 g/mol. The van der Waals surface area contributed by atoms with Crippen molar-refractivity contribution in [2.75, 3.05) is 25.4 Å². The molecule has 0 saturated heterocycles. The molecule has 3 aromatic carbocycles. The van der Waals surface area contributed by atoms with Crippen LogP contribution in [0.3, 0.4) is 0 Å². The van der Waals surface area contributed by atoms with Gasteiger partial charge in [-0.05, 0) is 61.1 Å². The topological polar surface area (TPSA) is 65.2 Å². The summed E-state index contributed by atoms with van der Waals surface area (Å²) in [6.45, 7) is 0.888. The van der Waals surface area contributed by atoms with E-state index in [9.17, 15) is 8.42 Å². The van der Waals surface area contributed by atoms with E-state index >= 15 is 0 Å². The number of nitrogens with zero attached hydrogens (tertiary/aromatic N) is 1. The predicted octanol–water partition coefficient (Wildman–Crippen LogP) is 4.23. The Morgan fingerprint density at radius 3 is 2.54 bits per heavy atom. The molecule has 0 radical (unpaired) electrons. The zero-order valence-corrected chi connectivity index (χ0v) is 16.8. The summed E-state index contributed by atoms with van der Waals surface area (Å²) in [7, 11) is 0.355. The second-order valence-corrected chi connectivity index (χ2v) is 8.89. The highest BCUT2D eigenvalue weighted by molar-refractivity contribution is 7.92. The highest BCUT2D eigenvalue weighted by atomic mass is 32.2. The fourth-order valence-electron chi connectivity index (χ4n) is 3.42. The molecule has 0 bridgehead atoms. The summed E-state index contributed by atoms with van der Waals surface area (Å²) in [5.41, 5.74) is 2.62. The summed E-state index contributed by atoms with van der Waals surface area (Å²) in [5, 5.41) is 2.84. The lowest BCUT2D eigenvalue weighted by molar-refractivity contribution is 0.414. The molecule has 4 rings (SSSR count). The molecular weight excluding hydrogens is 370 g/mol. The van der Waals surface area contributed by atoms with Crippen LogP contribution in [0.2, 0.25) is 0 Å². The first-order valence-electron chi connectivity index (χ1n) is 9.19. The first kappa shape index (κ1) is 18.5. The fourth-order valence-corrected chi connectivity index (χ4v) is 4.53. The maximum absolute atomic E-state index is 13.1. The Hall–Kier alpha value is -2.83. The van der Waals surface area contributed by atoms with Crippen molar-refractivity contribution >= 4 is 37.4 Å². The average Bonchev–Trinajstić information content (AvgIpc) is 3.10. The largest absolute Gasteiger partial charge is 0.361 e. The Kier molecular flexibility index (Phi) is 4.83. The van der Waals surface area contributed by atoms with E-state index in [1.165, 1.54) is 0 Å². The van der Waals surface area contributed by atoms with Gasteiger partial charge in [0.05, 0.1) is 10.6 Å². The number of H-pyrrole nitrogens is 1. The van der Waals surface area contributed by atoms with Gasteiger partial charge in [-0.3, -0.25) is 4.72 Å². The molecule has 0 aliphatic carbocycles. The molecule has 28 heavy (non-hydrogen) atoms. The van der Waals surface area contributed by atoms with E-state index in [2.05, 4.69) is 14.6 Å². The predicted molar refractivity (Wildman–Crippen MR) is 115 cm³/mol. The third-order valence-corrected chi connectivity index (χ3v) is 6.25. The van der Waals surface area contributed by atoms with Gasteiger partial charge in [-0.25, -0.2) is 8.42 Å². The van der Waals surface area contributed by atoms with Crippen molar-refractivity contribution in [3.63, 3.8) is 0 Å². The SMILES string of the molecule is CN(C)CCc1c[nH]c2cccc(NS(=O)(=O)c3ccc4ccccc4c3)c12. The number of anilines is 1. The number of benzene rings is 3. The van der Waals surface area contributed by atoms with Crippen molar-refractivity contribution in [1.82, 2.24) is 9.88 Å². The maximum atomic E-state index is 13.1. The highest BCUT2D eigenvalue weighted by Crippen LogP contribution is 2.30. The summed E-state index contributed by atoms with van der Waals surface area (Å²) in [4.78, 5) is 5.62. The summed E-state index contributed by atoms with van der Waals surface area (Å²) < 4.78 is 28.9. The molecule has 0 saturated carbocycles. The van der Waals surface area contributed by atoms with Gasteiger partial charge in [0.15, 0.2) is 0 Å². The number of sulfonamides is 1. The molecule has 0 aliphatic rings. The molecule has 6 heteroatoms. The molecule has 0 spiro atoms. The third-order valence-electron chi connectivity index (χ3n) is 4.89. The molecule has 0 unspecified atom stereocenters. The smallest absolute Gasteiger partial charge is 0.261 e. The van der Waals surface area contributed by atoms with Gasteiger partial charge >= 0.3 is 0 Å². The third kappa shape index (κ3) is 3.61. The minimum Gasteiger partial charge on any atom is -0.361 e. The van der Waals surface area contributed by atoms with Crippen LogP contribution < -0.4 is 4.72 Å². The van der Waals surface area contributed by atoms with E-state index in [0.29, 0.717) is 5.69 Å². The van der Waals surface area contributed by atoms with Gasteiger partial charge in [-0.2, -0.15) is 0 Å². The molecule has 0 amide bonds. The van der Waals surface area contributed by atoms with Crippen molar-refractivity contribution in [1.29, 1.82) is 0 Å². The molecule has 1 heterocycles. The molecular formula is C22H23N3O2S. The van der Waals surface area contributed by atoms with E-state index in [-0.39, 0.29) is 4.90 Å². The van der Waals surface area contributed by atoms with E-state index in [4.69, 9.17) is 0 Å². The van der Waals surface area contributed by atoms with E-state index in [0.717, 1.165) is 40.2 Å². The Labute approximate surface area is 165 Å². The van der Waals surface area contributed by atoms with Crippen LogP contribution in [-0.4, -0.2) is 38.9 Å². The van der Waals surface area contributed by atoms with E-state index in [1.54, 1.807) is 12.1 Å². The molecule has 0 atom stereocenters. The summed E-state index contributed by atoms with van der Waals surface area (Å²) in [5.74, 6) is 0. The lowest BCUT2D eigenvalue weighted by Crippen LogP contribution is -2.15. The number of nitrogens with one attached hydrogen (secondary N) is 2. The van der Waals surface area contributed by atoms with Crippen molar-refractivity contribution in [2.24, 2.45) is 0 Å². The molecule has 144 valence electrons. The van der Waals surface area contributed by atoms with Crippen LogP contribution in [0.15, 0.2) is 71.8 Å². The van der Waals surface area contributed by atoms with Crippen molar-refractivity contribution < 1.29 is 8.42 Å². The van der Waals surface area contributed by atoms with Gasteiger partial charge in [0.25, 0.3) is 10.0 Å². The van der Waals surface area contributed by atoms with Crippen LogP contribution in [0.4, 0.5) is 5.69 Å². The molecule has 1 aromatic heterocycles. The summed E-state index contributed by atoms with van der Waals surface area (Å²) >= 11 is 0. The molecule has 5 nitrogen and oxygen atoms in total. The molecule has 0 aliphatic heterocycles. The van der Waals surface area contributed by atoms with Crippen LogP contribution in [0.25, 0.3) is 21.7 Å². The second kappa shape index (κ2) is 7.30. The number of hydrogen-bond acceptors (Lipinski definition) is 3. The van der Waals surface area contributed by atoms with Gasteiger partial charge in [0, 0.05) is 23.6 Å². The Balaban J connectivity index is 1.72. The maximum Gasteiger partial charge on any atom is 0.261 e. The molecule has 0 fully saturated rings. The van der Waals surface area contributed by atoms with Crippen molar-refractivity contribution in [3.05, 3.63) is 72.4 Å². The number of aromatic amines is 1. The van der Waals surface area contributed by atoms with Gasteiger partial charge in [0.2, 0.25) is 0 Å². The van der Waals surface area contributed by atoms with Gasteiger partial charge in [0.1, 0.15) is 0 Å².